The minimum Gasteiger partial charge on any atom is -0.468 e. The largest absolute Gasteiger partial charge is 0.468 e. The van der Waals surface area contributed by atoms with Crippen LogP contribution in [0.1, 0.15) is 10.6 Å². The molecule has 140 valence electrons. The molecule has 3 rings (SSSR count). The number of furan rings is 1. The summed E-state index contributed by atoms with van der Waals surface area (Å²) in [5.74, 6) is 0.358. The topological polar surface area (TPSA) is 88.6 Å². The number of amides is 1. The lowest BCUT2D eigenvalue weighted by atomic mass is 10.2. The molecule has 0 fully saturated rings. The summed E-state index contributed by atoms with van der Waals surface area (Å²) < 4.78 is 5.37. The number of benzene rings is 1. The first kappa shape index (κ1) is 19.1. The Kier molecular flexibility index (Phi) is 6.23. The second kappa shape index (κ2) is 8.81. The molecule has 0 bridgehead atoms. The Balaban J connectivity index is 1.72. The summed E-state index contributed by atoms with van der Waals surface area (Å²) in [6.45, 7) is 1.04. The molecule has 0 saturated carbocycles. The van der Waals surface area contributed by atoms with Crippen LogP contribution in [0.15, 0.2) is 58.5 Å². The van der Waals surface area contributed by atoms with Gasteiger partial charge < -0.3 is 9.73 Å². The van der Waals surface area contributed by atoms with Crippen LogP contribution in [0.25, 0.3) is 0 Å². The fourth-order valence-electron chi connectivity index (χ4n) is 2.57. The number of thiophene rings is 1. The molecule has 0 saturated heterocycles. The molecule has 3 aromatic rings. The number of carbonyl (C=O) groups excluding carboxylic acids is 1. The third-order valence-corrected chi connectivity index (χ3v) is 4.81. The van der Waals surface area contributed by atoms with E-state index in [9.17, 15) is 14.9 Å². The van der Waals surface area contributed by atoms with Gasteiger partial charge in [0.1, 0.15) is 11.4 Å². The van der Waals surface area contributed by atoms with Gasteiger partial charge in [0.2, 0.25) is 5.91 Å². The van der Waals surface area contributed by atoms with Gasteiger partial charge in [0.05, 0.1) is 24.3 Å². The number of nitro benzene ring substituents is 1. The zero-order chi connectivity index (χ0) is 19.2. The van der Waals surface area contributed by atoms with Crippen LogP contribution in [-0.2, 0) is 17.9 Å². The molecular weight excluding hydrogens is 390 g/mol. The number of hydrogen-bond donors (Lipinski definition) is 1. The van der Waals surface area contributed by atoms with Gasteiger partial charge in [-0.15, -0.1) is 11.3 Å². The van der Waals surface area contributed by atoms with Crippen molar-refractivity contribution in [1.29, 1.82) is 0 Å². The number of hydrogen-bond acceptors (Lipinski definition) is 6. The Morgan fingerprint density at radius 2 is 2.11 bits per heavy atom. The van der Waals surface area contributed by atoms with E-state index in [1.165, 1.54) is 18.2 Å². The van der Waals surface area contributed by atoms with Gasteiger partial charge in [0.25, 0.3) is 5.69 Å². The van der Waals surface area contributed by atoms with Crippen LogP contribution in [0.2, 0.25) is 5.02 Å². The monoisotopic (exact) mass is 405 g/mol. The van der Waals surface area contributed by atoms with Gasteiger partial charge in [-0.1, -0.05) is 17.7 Å². The summed E-state index contributed by atoms with van der Waals surface area (Å²) in [6.07, 6.45) is 1.58. The molecule has 9 heteroatoms. The van der Waals surface area contributed by atoms with Crippen molar-refractivity contribution in [3.05, 3.63) is 79.9 Å². The van der Waals surface area contributed by atoms with E-state index in [0.29, 0.717) is 18.1 Å². The van der Waals surface area contributed by atoms with Crippen LogP contribution in [0, 0.1) is 10.1 Å². The summed E-state index contributed by atoms with van der Waals surface area (Å²) in [4.78, 5) is 26.1. The van der Waals surface area contributed by atoms with Crippen LogP contribution < -0.4 is 5.32 Å². The smallest absolute Gasteiger partial charge is 0.292 e. The molecule has 0 radical (unpaired) electrons. The normalized spacial score (nSPS) is 10.9. The maximum Gasteiger partial charge on any atom is 0.292 e. The minimum atomic E-state index is -0.557. The maximum absolute atomic E-state index is 12.5. The van der Waals surface area contributed by atoms with Crippen molar-refractivity contribution in [3.63, 3.8) is 0 Å². The second-order valence-electron chi connectivity index (χ2n) is 5.77. The van der Waals surface area contributed by atoms with Gasteiger partial charge in [0.15, 0.2) is 0 Å². The molecule has 1 N–H and O–H groups in total. The molecule has 0 atom stereocenters. The van der Waals surface area contributed by atoms with Gasteiger partial charge in [-0.25, -0.2) is 0 Å². The Morgan fingerprint density at radius 3 is 2.78 bits per heavy atom. The Labute approximate surface area is 164 Å². The number of carbonyl (C=O) groups is 1. The molecule has 0 aliphatic rings. The highest BCUT2D eigenvalue weighted by atomic mass is 35.5. The second-order valence-corrected chi connectivity index (χ2v) is 7.24. The fourth-order valence-corrected chi connectivity index (χ4v) is 3.49. The van der Waals surface area contributed by atoms with E-state index >= 15 is 0 Å². The Bertz CT molecular complexity index is 877. The van der Waals surface area contributed by atoms with Gasteiger partial charge in [-0.05, 0) is 35.7 Å². The Morgan fingerprint density at radius 1 is 1.26 bits per heavy atom. The molecule has 2 heterocycles. The molecule has 27 heavy (non-hydrogen) atoms. The summed E-state index contributed by atoms with van der Waals surface area (Å²) >= 11 is 7.50. The van der Waals surface area contributed by atoms with E-state index in [1.807, 2.05) is 28.5 Å². The van der Waals surface area contributed by atoms with E-state index in [1.54, 1.807) is 23.7 Å². The van der Waals surface area contributed by atoms with Gasteiger partial charge >= 0.3 is 0 Å². The molecule has 0 unspecified atom stereocenters. The molecular formula is C18H16ClN3O4S. The highest BCUT2D eigenvalue weighted by Crippen LogP contribution is 2.27. The average Bonchev–Trinajstić information content (AvgIpc) is 3.28. The summed E-state index contributed by atoms with van der Waals surface area (Å²) in [5, 5.41) is 16.0. The van der Waals surface area contributed by atoms with Crippen molar-refractivity contribution in [1.82, 2.24) is 4.90 Å². The van der Waals surface area contributed by atoms with Crippen LogP contribution in [0.3, 0.4) is 0 Å². The van der Waals surface area contributed by atoms with E-state index in [4.69, 9.17) is 16.0 Å². The molecule has 1 aromatic carbocycles. The van der Waals surface area contributed by atoms with Crippen molar-refractivity contribution in [3.8, 4) is 0 Å². The number of halogens is 1. The van der Waals surface area contributed by atoms with Gasteiger partial charge in [0, 0.05) is 22.5 Å². The zero-order valence-electron chi connectivity index (χ0n) is 14.1. The van der Waals surface area contributed by atoms with Crippen LogP contribution >= 0.6 is 22.9 Å². The minimum absolute atomic E-state index is 0.0439. The highest BCUT2D eigenvalue weighted by Gasteiger charge is 2.19. The molecule has 0 spiro atoms. The lowest BCUT2D eigenvalue weighted by Gasteiger charge is -2.20. The number of nitrogens with one attached hydrogen (secondary N) is 1. The molecule has 7 nitrogen and oxygen atoms in total. The van der Waals surface area contributed by atoms with E-state index in [2.05, 4.69) is 5.32 Å². The van der Waals surface area contributed by atoms with Crippen LogP contribution in [0.5, 0.6) is 0 Å². The van der Waals surface area contributed by atoms with E-state index < -0.39 is 4.92 Å². The van der Waals surface area contributed by atoms with Crippen molar-refractivity contribution in [2.24, 2.45) is 0 Å². The molecule has 1 amide bonds. The first-order valence-corrected chi connectivity index (χ1v) is 9.28. The SMILES string of the molecule is O=C(CN(Cc1ccco1)Cc1cccs1)Nc1cc(Cl)ccc1[N+](=O)[O-]. The first-order valence-electron chi connectivity index (χ1n) is 8.02. The van der Waals surface area contributed by atoms with Crippen molar-refractivity contribution in [2.45, 2.75) is 13.1 Å². The maximum atomic E-state index is 12.5. The predicted octanol–water partition coefficient (Wildman–Crippen LogP) is 4.54. The third kappa shape index (κ3) is 5.40. The van der Waals surface area contributed by atoms with Gasteiger partial charge in [-0.2, -0.15) is 0 Å². The zero-order valence-corrected chi connectivity index (χ0v) is 15.7. The fraction of sp³-hybridized carbons (Fsp3) is 0.167. The summed E-state index contributed by atoms with van der Waals surface area (Å²) in [7, 11) is 0. The van der Waals surface area contributed by atoms with Gasteiger partial charge in [-0.3, -0.25) is 19.8 Å². The Hall–Kier alpha value is -2.68. The highest BCUT2D eigenvalue weighted by molar-refractivity contribution is 7.09. The summed E-state index contributed by atoms with van der Waals surface area (Å²) in [5.41, 5.74) is -0.129. The van der Waals surface area contributed by atoms with E-state index in [-0.39, 0.29) is 23.8 Å². The lowest BCUT2D eigenvalue weighted by Crippen LogP contribution is -2.32. The molecule has 0 aliphatic heterocycles. The third-order valence-electron chi connectivity index (χ3n) is 3.72. The number of anilines is 1. The van der Waals surface area contributed by atoms with Crippen molar-refractivity contribution >= 4 is 40.2 Å². The van der Waals surface area contributed by atoms with E-state index in [0.717, 1.165) is 10.6 Å². The number of nitro groups is 1. The quantitative estimate of drug-likeness (QED) is 0.439. The first-order chi connectivity index (χ1) is 13.0. The van der Waals surface area contributed by atoms with Crippen LogP contribution in [-0.4, -0.2) is 22.3 Å². The number of rotatable bonds is 8. The molecule has 0 aliphatic carbocycles. The van der Waals surface area contributed by atoms with Crippen LogP contribution in [0.4, 0.5) is 11.4 Å². The lowest BCUT2D eigenvalue weighted by molar-refractivity contribution is -0.383. The average molecular weight is 406 g/mol. The van der Waals surface area contributed by atoms with Crippen molar-refractivity contribution in [2.75, 3.05) is 11.9 Å². The standard InChI is InChI=1S/C18H16ClN3O4S/c19-13-5-6-17(22(24)25)16(9-13)20-18(23)12-21(10-14-3-1-7-26-14)11-15-4-2-8-27-15/h1-9H,10-12H2,(H,20,23). The number of nitrogens with zero attached hydrogens (tertiary/aromatic N) is 2. The predicted molar refractivity (Wildman–Crippen MR) is 104 cm³/mol. The summed E-state index contributed by atoms with van der Waals surface area (Å²) in [6, 6.07) is 11.6. The molecule has 2 aromatic heterocycles. The van der Waals surface area contributed by atoms with Crippen molar-refractivity contribution < 1.29 is 14.1 Å².